The molecule has 2 amide bonds. The number of amides is 2. The number of carbonyl (C=O) groups is 1. The lowest BCUT2D eigenvalue weighted by Crippen LogP contribution is -2.37. The summed E-state index contributed by atoms with van der Waals surface area (Å²) in [6.07, 6.45) is 1.98. The predicted octanol–water partition coefficient (Wildman–Crippen LogP) is 3.32. The summed E-state index contributed by atoms with van der Waals surface area (Å²) in [6.45, 7) is 2.44. The molecule has 0 aromatic heterocycles. The summed E-state index contributed by atoms with van der Waals surface area (Å²) in [6, 6.07) is 15.0. The number of anilines is 1. The molecule has 0 saturated carbocycles. The molecule has 2 aliphatic rings. The van der Waals surface area contributed by atoms with E-state index < -0.39 is 9.84 Å². The van der Waals surface area contributed by atoms with E-state index in [0.717, 1.165) is 21.7 Å². The third kappa shape index (κ3) is 3.46. The highest BCUT2D eigenvalue weighted by molar-refractivity contribution is 7.98. The number of urea groups is 1. The molecular weight excluding hydrogens is 380 g/mol. The van der Waals surface area contributed by atoms with E-state index in [9.17, 15) is 13.2 Å². The van der Waals surface area contributed by atoms with E-state index in [-0.39, 0.29) is 29.6 Å². The van der Waals surface area contributed by atoms with Crippen LogP contribution in [0.3, 0.4) is 0 Å². The molecular formula is C20H22N2O3S2. The lowest BCUT2D eigenvalue weighted by atomic mass is 10.1. The van der Waals surface area contributed by atoms with Crippen LogP contribution in [0.15, 0.2) is 53.4 Å². The van der Waals surface area contributed by atoms with E-state index in [1.165, 1.54) is 0 Å². The quantitative estimate of drug-likeness (QED) is 0.581. The molecule has 142 valence electrons. The fourth-order valence-electron chi connectivity index (χ4n) is 3.91. The third-order valence-corrected chi connectivity index (χ3v) is 7.71. The Kier molecular flexibility index (Phi) is 4.68. The largest absolute Gasteiger partial charge is 0.325 e. The van der Waals surface area contributed by atoms with Crippen molar-refractivity contribution in [1.29, 1.82) is 0 Å². The number of benzene rings is 2. The van der Waals surface area contributed by atoms with E-state index in [1.807, 2.05) is 61.7 Å². The van der Waals surface area contributed by atoms with Gasteiger partial charge in [0.1, 0.15) is 0 Å². The first-order valence-corrected chi connectivity index (χ1v) is 11.9. The van der Waals surface area contributed by atoms with Crippen molar-refractivity contribution in [3.05, 3.63) is 59.7 Å². The van der Waals surface area contributed by atoms with Gasteiger partial charge < -0.3 is 4.90 Å². The van der Waals surface area contributed by atoms with Gasteiger partial charge >= 0.3 is 6.03 Å². The Morgan fingerprint density at radius 3 is 2.48 bits per heavy atom. The molecule has 27 heavy (non-hydrogen) atoms. The first-order chi connectivity index (χ1) is 12.9. The molecule has 2 aromatic rings. The van der Waals surface area contributed by atoms with Crippen molar-refractivity contribution >= 4 is 33.3 Å². The lowest BCUT2D eigenvalue weighted by molar-refractivity contribution is 0.206. The maximum atomic E-state index is 13.3. The summed E-state index contributed by atoms with van der Waals surface area (Å²) in [5.41, 5.74) is 2.94. The fourth-order valence-corrected chi connectivity index (χ4v) is 6.32. The van der Waals surface area contributed by atoms with Gasteiger partial charge in [-0.2, -0.15) is 0 Å². The van der Waals surface area contributed by atoms with Crippen molar-refractivity contribution < 1.29 is 13.2 Å². The first kappa shape index (κ1) is 18.4. The monoisotopic (exact) mass is 402 g/mol. The molecule has 0 radical (unpaired) electrons. The Bertz CT molecular complexity index is 973. The van der Waals surface area contributed by atoms with E-state index in [4.69, 9.17) is 0 Å². The van der Waals surface area contributed by atoms with Crippen molar-refractivity contribution in [2.75, 3.05) is 22.7 Å². The number of hydrogen-bond donors (Lipinski definition) is 0. The molecule has 2 aliphatic heterocycles. The van der Waals surface area contributed by atoms with Gasteiger partial charge in [0.2, 0.25) is 0 Å². The number of nitrogens with zero attached hydrogens (tertiary/aromatic N) is 2. The summed E-state index contributed by atoms with van der Waals surface area (Å²) in [7, 11) is -3.16. The number of aryl methyl sites for hydroxylation is 1. The van der Waals surface area contributed by atoms with Crippen LogP contribution in [0, 0.1) is 6.92 Å². The van der Waals surface area contributed by atoms with Gasteiger partial charge in [-0.05, 0) is 36.9 Å². The molecule has 2 aromatic carbocycles. The number of sulfone groups is 1. The average molecular weight is 403 g/mol. The van der Waals surface area contributed by atoms with Gasteiger partial charge in [0.15, 0.2) is 9.84 Å². The van der Waals surface area contributed by atoms with E-state index in [0.29, 0.717) is 6.54 Å². The van der Waals surface area contributed by atoms with Crippen LogP contribution < -0.4 is 4.90 Å². The number of hydrogen-bond acceptors (Lipinski definition) is 4. The second-order valence-electron chi connectivity index (χ2n) is 7.18. The number of rotatable bonds is 4. The van der Waals surface area contributed by atoms with Gasteiger partial charge in [-0.25, -0.2) is 13.2 Å². The molecule has 7 heteroatoms. The summed E-state index contributed by atoms with van der Waals surface area (Å²) in [5.74, 6) is 0.0608. The number of thioether (sulfide) groups is 1. The predicted molar refractivity (Wildman–Crippen MR) is 109 cm³/mol. The number of carbonyl (C=O) groups excluding carboxylic acids is 1. The van der Waals surface area contributed by atoms with Crippen LogP contribution >= 0.6 is 11.8 Å². The van der Waals surface area contributed by atoms with Crippen molar-refractivity contribution in [2.45, 2.75) is 30.4 Å². The Hall–Kier alpha value is -1.99. The molecule has 0 N–H and O–H groups in total. The molecule has 2 atom stereocenters. The second-order valence-corrected chi connectivity index (χ2v) is 10.2. The van der Waals surface area contributed by atoms with E-state index >= 15 is 0 Å². The van der Waals surface area contributed by atoms with Crippen LogP contribution in [-0.4, -0.2) is 49.2 Å². The van der Waals surface area contributed by atoms with Crippen LogP contribution in [0.5, 0.6) is 0 Å². The Morgan fingerprint density at radius 2 is 1.78 bits per heavy atom. The van der Waals surface area contributed by atoms with Crippen molar-refractivity contribution in [3.8, 4) is 0 Å². The Labute approximate surface area is 164 Å². The van der Waals surface area contributed by atoms with Crippen LogP contribution in [0.1, 0.15) is 11.1 Å². The molecule has 0 aliphatic carbocycles. The molecule has 5 nitrogen and oxygen atoms in total. The maximum Gasteiger partial charge on any atom is 0.325 e. The molecule has 2 saturated heterocycles. The summed E-state index contributed by atoms with van der Waals surface area (Å²) in [4.78, 5) is 17.7. The minimum atomic E-state index is -3.16. The van der Waals surface area contributed by atoms with Crippen LogP contribution in [-0.2, 0) is 16.4 Å². The standard InChI is InChI=1S/C20H22N2O3S2/c1-14-6-8-15(9-7-14)11-21-18-12-27(24,25)13-19(18)22(20(21)23)16-4-3-5-17(10-16)26-2/h3-10,18-19H,11-13H2,1-2H3/t18-,19-/m0/s1. The van der Waals surface area contributed by atoms with Crippen LogP contribution in [0.25, 0.3) is 0 Å². The van der Waals surface area contributed by atoms with Gasteiger partial charge in [-0.3, -0.25) is 4.90 Å². The summed E-state index contributed by atoms with van der Waals surface area (Å²) >= 11 is 1.60. The highest BCUT2D eigenvalue weighted by atomic mass is 32.2. The third-order valence-electron chi connectivity index (χ3n) is 5.28. The van der Waals surface area contributed by atoms with Crippen LogP contribution in [0.4, 0.5) is 10.5 Å². The van der Waals surface area contributed by atoms with Gasteiger partial charge in [-0.15, -0.1) is 11.8 Å². The highest BCUT2D eigenvalue weighted by Gasteiger charge is 2.53. The van der Waals surface area contributed by atoms with Crippen LogP contribution in [0.2, 0.25) is 0 Å². The normalized spacial score (nSPS) is 23.7. The molecule has 0 unspecified atom stereocenters. The minimum absolute atomic E-state index is 0.0251. The SMILES string of the molecule is CSc1cccc(N2C(=O)N(Cc3ccc(C)cc3)[C@H]3CS(=O)(=O)C[C@@H]32)c1. The zero-order valence-corrected chi connectivity index (χ0v) is 17.0. The van der Waals surface area contributed by atoms with E-state index in [1.54, 1.807) is 21.6 Å². The lowest BCUT2D eigenvalue weighted by Gasteiger charge is -2.23. The van der Waals surface area contributed by atoms with Crippen molar-refractivity contribution in [1.82, 2.24) is 4.90 Å². The molecule has 2 heterocycles. The molecule has 0 bridgehead atoms. The summed E-state index contributed by atoms with van der Waals surface area (Å²) in [5, 5.41) is 0. The molecule has 4 rings (SSSR count). The van der Waals surface area contributed by atoms with Crippen molar-refractivity contribution in [3.63, 3.8) is 0 Å². The van der Waals surface area contributed by atoms with E-state index in [2.05, 4.69) is 0 Å². The maximum absolute atomic E-state index is 13.3. The second kappa shape index (κ2) is 6.87. The first-order valence-electron chi connectivity index (χ1n) is 8.88. The minimum Gasteiger partial charge on any atom is -0.314 e. The number of fused-ring (bicyclic) bond motifs is 1. The fraction of sp³-hybridized carbons (Fsp3) is 0.350. The molecule has 0 spiro atoms. The Morgan fingerprint density at radius 1 is 1.07 bits per heavy atom. The van der Waals surface area contributed by atoms with Gasteiger partial charge in [-0.1, -0.05) is 35.9 Å². The van der Waals surface area contributed by atoms with Gasteiger partial charge in [0.05, 0.1) is 23.6 Å². The highest BCUT2D eigenvalue weighted by Crippen LogP contribution is 2.36. The summed E-state index contributed by atoms with van der Waals surface area (Å²) < 4.78 is 24.6. The Balaban J connectivity index is 1.70. The average Bonchev–Trinajstić information content (AvgIpc) is 3.07. The molecule has 2 fully saturated rings. The zero-order valence-electron chi connectivity index (χ0n) is 15.3. The van der Waals surface area contributed by atoms with Gasteiger partial charge in [0, 0.05) is 17.1 Å². The smallest absolute Gasteiger partial charge is 0.314 e. The topological polar surface area (TPSA) is 57.7 Å². The zero-order chi connectivity index (χ0) is 19.2. The van der Waals surface area contributed by atoms with Crippen molar-refractivity contribution in [2.24, 2.45) is 0 Å². The van der Waals surface area contributed by atoms with Gasteiger partial charge in [0.25, 0.3) is 0 Å².